The number of aryl methyl sites for hydroxylation is 1. The summed E-state index contributed by atoms with van der Waals surface area (Å²) in [5.41, 5.74) is 2.55. The predicted molar refractivity (Wildman–Crippen MR) is 91.7 cm³/mol. The van der Waals surface area contributed by atoms with Gasteiger partial charge >= 0.3 is 0 Å². The van der Waals surface area contributed by atoms with Gasteiger partial charge in [-0.15, -0.1) is 10.2 Å². The molecule has 1 aromatic carbocycles. The Hall–Kier alpha value is -3.02. The summed E-state index contributed by atoms with van der Waals surface area (Å²) in [6, 6.07) is 11.1. The monoisotopic (exact) mass is 336 g/mol. The normalized spacial score (nSPS) is 12.4. The molecule has 3 aromatic rings. The van der Waals surface area contributed by atoms with Gasteiger partial charge in [0.15, 0.2) is 0 Å². The van der Waals surface area contributed by atoms with Crippen molar-refractivity contribution in [2.45, 2.75) is 33.1 Å². The lowest BCUT2D eigenvalue weighted by molar-refractivity contribution is -0.681. The first-order valence-corrected chi connectivity index (χ1v) is 8.01. The summed E-state index contributed by atoms with van der Waals surface area (Å²) < 4.78 is 6.83. The fraction of sp³-hybridized carbons (Fsp3) is 0.263. The molecule has 3 rings (SSSR count). The van der Waals surface area contributed by atoms with E-state index in [1.165, 1.54) is 10.2 Å². The van der Waals surface area contributed by atoms with E-state index in [0.717, 1.165) is 5.56 Å². The molecule has 6 nitrogen and oxygen atoms in total. The molecule has 0 N–H and O–H groups in total. The molecule has 0 spiro atoms. The number of benzene rings is 1. The molecular formula is C19H20N4O2. The third-order valence-corrected chi connectivity index (χ3v) is 3.79. The maximum atomic E-state index is 12.3. The first-order valence-electron chi connectivity index (χ1n) is 8.01. The molecule has 0 atom stereocenters. The van der Waals surface area contributed by atoms with Crippen molar-refractivity contribution in [1.29, 1.82) is 0 Å². The second kappa shape index (κ2) is 6.47. The van der Waals surface area contributed by atoms with Gasteiger partial charge in [0.25, 0.3) is 0 Å². The SMILES string of the molecule is Cc1nnc(-c2cc[n+](/N=C(\[O-])c3ccc(C(C)(C)C)cc3)cc2)o1. The highest BCUT2D eigenvalue weighted by Gasteiger charge is 2.13. The Balaban J connectivity index is 1.80. The van der Waals surface area contributed by atoms with E-state index in [9.17, 15) is 5.11 Å². The number of rotatable bonds is 3. The number of nitrogens with zero attached hydrogens (tertiary/aromatic N) is 4. The van der Waals surface area contributed by atoms with Gasteiger partial charge in [-0.2, -0.15) is 0 Å². The molecule has 0 radical (unpaired) electrons. The van der Waals surface area contributed by atoms with Crippen LogP contribution in [0.1, 0.15) is 37.8 Å². The van der Waals surface area contributed by atoms with Crippen molar-refractivity contribution in [3.8, 4) is 11.5 Å². The number of pyridine rings is 1. The summed E-state index contributed by atoms with van der Waals surface area (Å²) in [5, 5.41) is 24.1. The van der Waals surface area contributed by atoms with E-state index in [1.807, 2.05) is 24.3 Å². The minimum atomic E-state index is -0.299. The molecule has 6 heteroatoms. The van der Waals surface area contributed by atoms with Crippen molar-refractivity contribution in [3.63, 3.8) is 0 Å². The number of hydrogen-bond acceptors (Lipinski definition) is 5. The summed E-state index contributed by atoms with van der Waals surface area (Å²) in [6.45, 7) is 8.14. The predicted octanol–water partition coefficient (Wildman–Crippen LogP) is 2.20. The molecule has 0 fully saturated rings. The second-order valence-corrected chi connectivity index (χ2v) is 6.83. The van der Waals surface area contributed by atoms with Crippen LogP contribution in [0.15, 0.2) is 58.3 Å². The molecule has 0 saturated heterocycles. The van der Waals surface area contributed by atoms with Gasteiger partial charge in [0.2, 0.25) is 24.2 Å². The molecular weight excluding hydrogens is 316 g/mol. The lowest BCUT2D eigenvalue weighted by Crippen LogP contribution is -2.33. The molecule has 25 heavy (non-hydrogen) atoms. The van der Waals surface area contributed by atoms with Crippen LogP contribution in [-0.4, -0.2) is 16.1 Å². The molecule has 0 aliphatic carbocycles. The first kappa shape index (κ1) is 16.8. The highest BCUT2D eigenvalue weighted by Crippen LogP contribution is 2.22. The van der Waals surface area contributed by atoms with Crippen LogP contribution >= 0.6 is 0 Å². The summed E-state index contributed by atoms with van der Waals surface area (Å²) >= 11 is 0. The van der Waals surface area contributed by atoms with Gasteiger partial charge in [-0.3, -0.25) is 0 Å². The zero-order valence-electron chi connectivity index (χ0n) is 14.7. The Morgan fingerprint density at radius 3 is 2.20 bits per heavy atom. The van der Waals surface area contributed by atoms with E-state index in [1.54, 1.807) is 31.5 Å². The molecule has 0 aliphatic rings. The van der Waals surface area contributed by atoms with Gasteiger partial charge in [0.05, 0.1) is 11.5 Å². The fourth-order valence-electron chi connectivity index (χ4n) is 2.32. The highest BCUT2D eigenvalue weighted by molar-refractivity contribution is 5.90. The zero-order valence-corrected chi connectivity index (χ0v) is 14.7. The summed E-state index contributed by atoms with van der Waals surface area (Å²) in [5.74, 6) is 0.644. The fourth-order valence-corrected chi connectivity index (χ4v) is 2.32. The van der Waals surface area contributed by atoms with Crippen LogP contribution in [0.4, 0.5) is 0 Å². The smallest absolute Gasteiger partial charge is 0.248 e. The average molecular weight is 336 g/mol. The highest BCUT2D eigenvalue weighted by atomic mass is 16.4. The summed E-state index contributed by atoms with van der Waals surface area (Å²) in [4.78, 5) is 0. The van der Waals surface area contributed by atoms with Crippen molar-refractivity contribution >= 4 is 5.90 Å². The van der Waals surface area contributed by atoms with E-state index in [-0.39, 0.29) is 11.3 Å². The van der Waals surface area contributed by atoms with Crippen LogP contribution in [0.2, 0.25) is 0 Å². The Morgan fingerprint density at radius 1 is 1.04 bits per heavy atom. The van der Waals surface area contributed by atoms with Crippen LogP contribution in [0.5, 0.6) is 0 Å². The van der Waals surface area contributed by atoms with Gasteiger partial charge in [-0.1, -0.05) is 49.7 Å². The second-order valence-electron chi connectivity index (χ2n) is 6.83. The van der Waals surface area contributed by atoms with E-state index < -0.39 is 0 Å². The molecule has 128 valence electrons. The third-order valence-electron chi connectivity index (χ3n) is 3.79. The summed E-state index contributed by atoms with van der Waals surface area (Å²) in [6.07, 6.45) is 3.35. The molecule has 0 amide bonds. The quantitative estimate of drug-likeness (QED) is 0.417. The van der Waals surface area contributed by atoms with Crippen molar-refractivity contribution < 1.29 is 14.2 Å². The molecule has 0 aliphatic heterocycles. The minimum Gasteiger partial charge on any atom is -0.854 e. The van der Waals surface area contributed by atoms with Crippen molar-refractivity contribution in [2.24, 2.45) is 5.10 Å². The Labute approximate surface area is 146 Å². The van der Waals surface area contributed by atoms with Crippen LogP contribution in [0, 0.1) is 6.92 Å². The Bertz CT molecular complexity index is 888. The standard InChI is InChI=1S/C19H20N4O2/c1-13-20-21-18(25-13)15-9-11-23(12-10-15)22-17(24)14-5-7-16(8-6-14)19(2,3)4/h5-12H,1-4H3. The van der Waals surface area contributed by atoms with Crippen LogP contribution in [0.25, 0.3) is 11.5 Å². The van der Waals surface area contributed by atoms with Gasteiger partial charge in [0, 0.05) is 19.1 Å². The zero-order chi connectivity index (χ0) is 18.0. The van der Waals surface area contributed by atoms with Crippen molar-refractivity contribution in [3.05, 3.63) is 65.8 Å². The topological polar surface area (TPSA) is 78.2 Å². The Kier molecular flexibility index (Phi) is 4.35. The minimum absolute atomic E-state index is 0.0520. The lowest BCUT2D eigenvalue weighted by Gasteiger charge is -2.19. The third kappa shape index (κ3) is 3.91. The van der Waals surface area contributed by atoms with Gasteiger partial charge in [-0.25, -0.2) is 0 Å². The molecule has 2 heterocycles. The van der Waals surface area contributed by atoms with E-state index >= 15 is 0 Å². The van der Waals surface area contributed by atoms with Crippen molar-refractivity contribution in [1.82, 2.24) is 10.2 Å². The first-order chi connectivity index (χ1) is 11.8. The van der Waals surface area contributed by atoms with Gasteiger partial charge in [-0.05, 0) is 21.6 Å². The van der Waals surface area contributed by atoms with Crippen LogP contribution < -0.4 is 9.78 Å². The van der Waals surface area contributed by atoms with E-state index in [2.05, 4.69) is 36.1 Å². The molecule has 0 saturated carbocycles. The summed E-state index contributed by atoms with van der Waals surface area (Å²) in [7, 11) is 0. The van der Waals surface area contributed by atoms with Crippen LogP contribution in [0.3, 0.4) is 0 Å². The average Bonchev–Trinajstić information content (AvgIpc) is 3.01. The maximum absolute atomic E-state index is 12.3. The van der Waals surface area contributed by atoms with Crippen molar-refractivity contribution in [2.75, 3.05) is 0 Å². The van der Waals surface area contributed by atoms with Gasteiger partial charge < -0.3 is 9.52 Å². The van der Waals surface area contributed by atoms with E-state index in [4.69, 9.17) is 4.42 Å². The molecule has 0 unspecified atom stereocenters. The number of hydrogen-bond donors (Lipinski definition) is 0. The largest absolute Gasteiger partial charge is 0.854 e. The van der Waals surface area contributed by atoms with Gasteiger partial charge in [0.1, 0.15) is 0 Å². The van der Waals surface area contributed by atoms with E-state index in [0.29, 0.717) is 17.3 Å². The lowest BCUT2D eigenvalue weighted by atomic mass is 9.87. The molecule has 2 aromatic heterocycles. The molecule has 0 bridgehead atoms. The Morgan fingerprint density at radius 2 is 1.68 bits per heavy atom. The number of aromatic nitrogens is 3. The van der Waals surface area contributed by atoms with Crippen LogP contribution in [-0.2, 0) is 5.41 Å². The maximum Gasteiger partial charge on any atom is 0.248 e.